The average molecular weight is 548 g/mol. The van der Waals surface area contributed by atoms with Crippen LogP contribution in [0.1, 0.15) is 41.8 Å². The Hall–Kier alpha value is -5.06. The number of hydrogen-bond donors (Lipinski definition) is 5. The average Bonchev–Trinajstić information content (AvgIpc) is 2.97. The highest BCUT2D eigenvalue weighted by Gasteiger charge is 2.23. The van der Waals surface area contributed by atoms with Crippen LogP contribution in [0.5, 0.6) is 5.75 Å². The van der Waals surface area contributed by atoms with E-state index in [4.69, 9.17) is 9.47 Å². The normalized spacial score (nSPS) is 11.1. The summed E-state index contributed by atoms with van der Waals surface area (Å²) >= 11 is 0. The number of para-hydroxylation sites is 1. The fourth-order valence-electron chi connectivity index (χ4n) is 3.54. The Morgan fingerprint density at radius 2 is 1.27 bits per heavy atom. The molecule has 0 aliphatic carbocycles. The summed E-state index contributed by atoms with van der Waals surface area (Å²) in [4.78, 5) is 49.8. The van der Waals surface area contributed by atoms with Crippen molar-refractivity contribution in [3.05, 3.63) is 102 Å². The molecule has 0 heterocycles. The van der Waals surface area contributed by atoms with E-state index < -0.39 is 30.0 Å². The predicted octanol–water partition coefficient (Wildman–Crippen LogP) is 3.58. The molecule has 11 heteroatoms. The van der Waals surface area contributed by atoms with Crippen LogP contribution in [0.25, 0.3) is 0 Å². The molecule has 11 nitrogen and oxygen atoms in total. The molecule has 0 aliphatic rings. The summed E-state index contributed by atoms with van der Waals surface area (Å²) in [5.41, 5.74) is 10.7. The van der Waals surface area contributed by atoms with Gasteiger partial charge < -0.3 is 14.8 Å². The van der Waals surface area contributed by atoms with Gasteiger partial charge in [0.15, 0.2) is 0 Å². The van der Waals surface area contributed by atoms with Crippen molar-refractivity contribution in [2.75, 3.05) is 0 Å². The Morgan fingerprint density at radius 1 is 0.700 bits per heavy atom. The third-order valence-corrected chi connectivity index (χ3v) is 5.49. The van der Waals surface area contributed by atoms with Crippen molar-refractivity contribution >= 4 is 23.9 Å². The Morgan fingerprint density at radius 3 is 1.93 bits per heavy atom. The van der Waals surface area contributed by atoms with Gasteiger partial charge in [-0.05, 0) is 35.6 Å². The first-order valence-electron chi connectivity index (χ1n) is 12.7. The molecule has 0 fully saturated rings. The SMILES string of the molecule is CC(C)C[C@H](NC(=O)OCc1ccccc1)C(=O)NNC(=O)NNC(=O)c1ccccc1OCc1ccccc1. The molecule has 40 heavy (non-hydrogen) atoms. The predicted molar refractivity (Wildman–Crippen MR) is 147 cm³/mol. The summed E-state index contributed by atoms with van der Waals surface area (Å²) in [7, 11) is 0. The largest absolute Gasteiger partial charge is 0.488 e. The molecule has 1 atom stereocenters. The summed E-state index contributed by atoms with van der Waals surface area (Å²) < 4.78 is 11.0. The zero-order valence-corrected chi connectivity index (χ0v) is 22.3. The van der Waals surface area contributed by atoms with Gasteiger partial charge in [-0.25, -0.2) is 20.4 Å². The van der Waals surface area contributed by atoms with Crippen molar-refractivity contribution in [3.63, 3.8) is 0 Å². The molecule has 0 unspecified atom stereocenters. The molecule has 0 saturated heterocycles. The Bertz CT molecular complexity index is 1270. The van der Waals surface area contributed by atoms with Crippen molar-refractivity contribution in [2.24, 2.45) is 5.92 Å². The topological polar surface area (TPSA) is 147 Å². The first-order valence-corrected chi connectivity index (χ1v) is 12.7. The Balaban J connectivity index is 1.46. The maximum Gasteiger partial charge on any atom is 0.408 e. The third kappa shape index (κ3) is 10.0. The molecule has 0 aromatic heterocycles. The quantitative estimate of drug-likeness (QED) is 0.245. The van der Waals surface area contributed by atoms with Crippen LogP contribution < -0.4 is 31.8 Å². The zero-order chi connectivity index (χ0) is 28.7. The molecular formula is C29H33N5O6. The number of nitrogens with one attached hydrogen (secondary N) is 5. The maximum atomic E-state index is 12.7. The third-order valence-electron chi connectivity index (χ3n) is 5.49. The monoisotopic (exact) mass is 547 g/mol. The number of rotatable bonds is 10. The van der Waals surface area contributed by atoms with E-state index in [9.17, 15) is 19.2 Å². The molecule has 0 saturated carbocycles. The molecule has 210 valence electrons. The molecule has 0 radical (unpaired) electrons. The zero-order valence-electron chi connectivity index (χ0n) is 22.3. The number of ether oxygens (including phenoxy) is 2. The van der Waals surface area contributed by atoms with Crippen molar-refractivity contribution in [1.82, 2.24) is 27.0 Å². The van der Waals surface area contributed by atoms with Crippen LogP contribution in [-0.4, -0.2) is 30.0 Å². The van der Waals surface area contributed by atoms with E-state index in [1.165, 1.54) is 0 Å². The summed E-state index contributed by atoms with van der Waals surface area (Å²) in [6.45, 7) is 4.07. The lowest BCUT2D eigenvalue weighted by Gasteiger charge is -2.20. The van der Waals surface area contributed by atoms with E-state index in [1.807, 2.05) is 74.5 Å². The number of hydrogen-bond acceptors (Lipinski definition) is 6. The van der Waals surface area contributed by atoms with Crippen molar-refractivity contribution < 1.29 is 28.7 Å². The van der Waals surface area contributed by atoms with Gasteiger partial charge in [-0.15, -0.1) is 0 Å². The fourth-order valence-corrected chi connectivity index (χ4v) is 3.54. The van der Waals surface area contributed by atoms with Crippen LogP contribution >= 0.6 is 0 Å². The first-order chi connectivity index (χ1) is 19.3. The lowest BCUT2D eigenvalue weighted by molar-refractivity contribution is -0.124. The van der Waals surface area contributed by atoms with Gasteiger partial charge in [0.2, 0.25) is 0 Å². The molecule has 3 aromatic carbocycles. The number of carbonyl (C=O) groups excluding carboxylic acids is 4. The van der Waals surface area contributed by atoms with E-state index in [1.54, 1.807) is 24.3 Å². The van der Waals surface area contributed by atoms with Crippen LogP contribution in [0.2, 0.25) is 0 Å². The standard InChI is InChI=1S/C29H33N5O6/c1-20(2)17-24(30-29(38)40-19-22-13-7-4-8-14-22)27(36)32-34-28(37)33-31-26(35)23-15-9-10-16-25(23)39-18-21-11-5-3-6-12-21/h3-16,20,24H,17-19H2,1-2H3,(H,30,38)(H,31,35)(H,32,36)(H2,33,34,37)/t24-/m0/s1. The minimum Gasteiger partial charge on any atom is -0.488 e. The second-order valence-electron chi connectivity index (χ2n) is 9.18. The summed E-state index contributed by atoms with van der Waals surface area (Å²) in [5, 5.41) is 2.52. The molecule has 0 aliphatic heterocycles. The smallest absolute Gasteiger partial charge is 0.408 e. The van der Waals surface area contributed by atoms with Gasteiger partial charge in [0.1, 0.15) is 25.0 Å². The molecule has 3 rings (SSSR count). The number of hydrazine groups is 2. The summed E-state index contributed by atoms with van der Waals surface area (Å²) in [5.74, 6) is -0.888. The van der Waals surface area contributed by atoms with E-state index in [0.717, 1.165) is 11.1 Å². The Kier molecular flexibility index (Phi) is 11.3. The van der Waals surface area contributed by atoms with E-state index in [-0.39, 0.29) is 24.7 Å². The molecule has 5 amide bonds. The van der Waals surface area contributed by atoms with Crippen molar-refractivity contribution in [3.8, 4) is 5.75 Å². The fraction of sp³-hybridized carbons (Fsp3) is 0.241. The lowest BCUT2D eigenvalue weighted by atomic mass is 10.0. The highest BCUT2D eigenvalue weighted by molar-refractivity contribution is 5.97. The molecule has 0 spiro atoms. The van der Waals surface area contributed by atoms with Gasteiger partial charge in [-0.1, -0.05) is 86.6 Å². The van der Waals surface area contributed by atoms with Gasteiger partial charge in [0, 0.05) is 0 Å². The minimum atomic E-state index is -0.966. The number of benzene rings is 3. The minimum absolute atomic E-state index is 0.0451. The second kappa shape index (κ2) is 15.4. The van der Waals surface area contributed by atoms with Gasteiger partial charge in [-0.3, -0.25) is 20.4 Å². The van der Waals surface area contributed by atoms with Crippen molar-refractivity contribution in [1.29, 1.82) is 0 Å². The van der Waals surface area contributed by atoms with Crippen LogP contribution in [0.4, 0.5) is 9.59 Å². The van der Waals surface area contributed by atoms with Gasteiger partial charge in [0.05, 0.1) is 5.56 Å². The second-order valence-corrected chi connectivity index (χ2v) is 9.18. The van der Waals surface area contributed by atoms with Gasteiger partial charge >= 0.3 is 12.1 Å². The van der Waals surface area contributed by atoms with E-state index in [0.29, 0.717) is 12.2 Å². The number of urea groups is 1. The number of carbonyl (C=O) groups is 4. The molecule has 3 aromatic rings. The lowest BCUT2D eigenvalue weighted by Crippen LogP contribution is -2.56. The summed E-state index contributed by atoms with van der Waals surface area (Å²) in [6, 6.07) is 23.3. The van der Waals surface area contributed by atoms with E-state index in [2.05, 4.69) is 27.0 Å². The molecule has 5 N–H and O–H groups in total. The molecular weight excluding hydrogens is 514 g/mol. The van der Waals surface area contributed by atoms with Crippen LogP contribution in [0.15, 0.2) is 84.9 Å². The first kappa shape index (κ1) is 29.5. The number of alkyl carbamates (subject to hydrolysis) is 1. The van der Waals surface area contributed by atoms with Gasteiger partial charge in [0.25, 0.3) is 11.8 Å². The maximum absolute atomic E-state index is 12.7. The van der Waals surface area contributed by atoms with Crippen LogP contribution in [0, 0.1) is 5.92 Å². The van der Waals surface area contributed by atoms with E-state index >= 15 is 0 Å². The number of amides is 5. The highest BCUT2D eigenvalue weighted by Crippen LogP contribution is 2.19. The van der Waals surface area contributed by atoms with Gasteiger partial charge in [-0.2, -0.15) is 0 Å². The molecule has 0 bridgehead atoms. The van der Waals surface area contributed by atoms with Crippen molar-refractivity contribution in [2.45, 2.75) is 39.5 Å². The highest BCUT2D eigenvalue weighted by atomic mass is 16.5. The summed E-state index contributed by atoms with van der Waals surface area (Å²) in [6.07, 6.45) is -0.471. The Labute approximate surface area is 232 Å². The van der Waals surface area contributed by atoms with Crippen LogP contribution in [-0.2, 0) is 22.7 Å². The van der Waals surface area contributed by atoms with Crippen LogP contribution in [0.3, 0.4) is 0 Å².